The first-order valence-electron chi connectivity index (χ1n) is 4.84. The van der Waals surface area contributed by atoms with Gasteiger partial charge in [-0.1, -0.05) is 0 Å². The molecule has 2 N–H and O–H groups in total. The Kier molecular flexibility index (Phi) is 3.94. The van der Waals surface area contributed by atoms with Gasteiger partial charge >= 0.3 is 18.1 Å². The smallest absolute Gasteiger partial charge is 0.471 e. The van der Waals surface area contributed by atoms with E-state index in [0.29, 0.717) is 5.69 Å². The number of hydrogen-bond acceptors (Lipinski definition) is 3. The van der Waals surface area contributed by atoms with Gasteiger partial charge in [-0.25, -0.2) is 0 Å². The number of rotatable bonds is 4. The number of aromatic nitrogens is 2. The summed E-state index contributed by atoms with van der Waals surface area (Å²) < 4.78 is 37.1. The molecule has 0 aliphatic heterocycles. The Morgan fingerprint density at radius 1 is 1.50 bits per heavy atom. The van der Waals surface area contributed by atoms with Gasteiger partial charge in [0.05, 0.1) is 13.0 Å². The summed E-state index contributed by atoms with van der Waals surface area (Å²) in [5.74, 6) is -3.43. The summed E-state index contributed by atoms with van der Waals surface area (Å²) in [4.78, 5) is 21.0. The van der Waals surface area contributed by atoms with Crippen molar-refractivity contribution in [2.45, 2.75) is 26.1 Å². The van der Waals surface area contributed by atoms with Crippen LogP contribution in [0.25, 0.3) is 0 Å². The Morgan fingerprint density at radius 2 is 2.11 bits per heavy atom. The number of carbonyl (C=O) groups excluding carboxylic acids is 1. The van der Waals surface area contributed by atoms with Crippen molar-refractivity contribution in [3.05, 3.63) is 11.8 Å². The molecule has 0 bridgehead atoms. The van der Waals surface area contributed by atoms with E-state index >= 15 is 0 Å². The highest BCUT2D eigenvalue weighted by Gasteiger charge is 2.39. The molecule has 1 amide bonds. The number of halogens is 3. The number of anilines is 1. The first-order chi connectivity index (χ1) is 8.20. The second-order valence-corrected chi connectivity index (χ2v) is 3.49. The van der Waals surface area contributed by atoms with Crippen LogP contribution >= 0.6 is 0 Å². The van der Waals surface area contributed by atoms with Gasteiger partial charge in [-0.05, 0) is 6.92 Å². The molecule has 0 saturated carbocycles. The normalized spacial score (nSPS) is 11.3. The highest BCUT2D eigenvalue weighted by atomic mass is 19.4. The maximum absolute atomic E-state index is 12.0. The van der Waals surface area contributed by atoms with Crippen LogP contribution in [-0.2, 0) is 16.1 Å². The number of carboxylic acid groups (broad SMARTS) is 1. The van der Waals surface area contributed by atoms with Crippen LogP contribution in [0.3, 0.4) is 0 Å². The van der Waals surface area contributed by atoms with Crippen LogP contribution in [0.2, 0.25) is 0 Å². The van der Waals surface area contributed by atoms with Gasteiger partial charge in [0.25, 0.3) is 0 Å². The second kappa shape index (κ2) is 5.07. The van der Waals surface area contributed by atoms with Gasteiger partial charge in [0.2, 0.25) is 0 Å². The summed E-state index contributed by atoms with van der Waals surface area (Å²) in [5.41, 5.74) is 0.453. The van der Waals surface area contributed by atoms with E-state index in [1.165, 1.54) is 17.7 Å². The third-order valence-electron chi connectivity index (χ3n) is 2.02. The van der Waals surface area contributed by atoms with E-state index in [9.17, 15) is 22.8 Å². The van der Waals surface area contributed by atoms with Crippen LogP contribution in [0.4, 0.5) is 19.0 Å². The number of aryl methyl sites for hydroxylation is 2. The molecule has 0 aromatic carbocycles. The third-order valence-corrected chi connectivity index (χ3v) is 2.02. The van der Waals surface area contributed by atoms with Crippen molar-refractivity contribution >= 4 is 17.7 Å². The van der Waals surface area contributed by atoms with E-state index in [4.69, 9.17) is 5.11 Å². The molecule has 9 heteroatoms. The number of nitrogens with zero attached hydrogens (tertiary/aromatic N) is 2. The molecule has 1 aromatic heterocycles. The van der Waals surface area contributed by atoms with Gasteiger partial charge in [0.1, 0.15) is 0 Å². The first-order valence-corrected chi connectivity index (χ1v) is 4.84. The molecule has 1 rings (SSSR count). The van der Waals surface area contributed by atoms with Crippen molar-refractivity contribution in [2.24, 2.45) is 0 Å². The molecule has 18 heavy (non-hydrogen) atoms. The number of alkyl halides is 3. The Morgan fingerprint density at radius 3 is 2.61 bits per heavy atom. The summed E-state index contributed by atoms with van der Waals surface area (Å²) in [6, 6.07) is 1.23. The van der Waals surface area contributed by atoms with E-state index in [1.807, 2.05) is 0 Å². The summed E-state index contributed by atoms with van der Waals surface area (Å²) in [7, 11) is 0. The van der Waals surface area contributed by atoms with E-state index in [1.54, 1.807) is 5.32 Å². The number of nitrogens with one attached hydrogen (secondary N) is 1. The summed E-state index contributed by atoms with van der Waals surface area (Å²) in [6.07, 6.45) is -5.20. The van der Waals surface area contributed by atoms with Crippen molar-refractivity contribution < 1.29 is 27.9 Å². The van der Waals surface area contributed by atoms with Crippen LogP contribution in [0.5, 0.6) is 0 Å². The van der Waals surface area contributed by atoms with Crippen LogP contribution < -0.4 is 5.32 Å². The minimum Gasteiger partial charge on any atom is -0.481 e. The molecule has 0 aliphatic carbocycles. The number of carboxylic acids is 1. The highest BCUT2D eigenvalue weighted by Crippen LogP contribution is 2.18. The monoisotopic (exact) mass is 265 g/mol. The van der Waals surface area contributed by atoms with Crippen LogP contribution in [0.1, 0.15) is 12.1 Å². The van der Waals surface area contributed by atoms with Gasteiger partial charge in [-0.3, -0.25) is 14.3 Å². The van der Waals surface area contributed by atoms with Crippen molar-refractivity contribution in [2.75, 3.05) is 5.32 Å². The van der Waals surface area contributed by atoms with E-state index < -0.39 is 18.1 Å². The molecule has 0 saturated heterocycles. The summed E-state index contributed by atoms with van der Waals surface area (Å²) >= 11 is 0. The fraction of sp³-hybridized carbons (Fsp3) is 0.444. The van der Waals surface area contributed by atoms with Crippen molar-refractivity contribution in [3.63, 3.8) is 0 Å². The van der Waals surface area contributed by atoms with Gasteiger partial charge in [-0.15, -0.1) is 0 Å². The van der Waals surface area contributed by atoms with Crippen LogP contribution in [-0.4, -0.2) is 32.9 Å². The lowest BCUT2D eigenvalue weighted by Crippen LogP contribution is -2.30. The van der Waals surface area contributed by atoms with Crippen molar-refractivity contribution in [1.82, 2.24) is 9.78 Å². The molecule has 100 valence electrons. The maximum Gasteiger partial charge on any atom is 0.471 e. The molecule has 6 nitrogen and oxygen atoms in total. The Bertz CT molecular complexity index is 467. The predicted octanol–water partition coefficient (Wildman–Crippen LogP) is 1.17. The predicted molar refractivity (Wildman–Crippen MR) is 53.9 cm³/mol. The Labute approximate surface area is 99.4 Å². The lowest BCUT2D eigenvalue weighted by molar-refractivity contribution is -0.167. The zero-order chi connectivity index (χ0) is 13.9. The number of carbonyl (C=O) groups is 2. The van der Waals surface area contributed by atoms with Gasteiger partial charge in [0, 0.05) is 11.8 Å². The summed E-state index contributed by atoms with van der Waals surface area (Å²) in [5, 5.41) is 13.7. The fourth-order valence-electron chi connectivity index (χ4n) is 1.19. The van der Waals surface area contributed by atoms with Crippen molar-refractivity contribution in [3.8, 4) is 0 Å². The van der Waals surface area contributed by atoms with Gasteiger partial charge in [-0.2, -0.15) is 18.3 Å². The summed E-state index contributed by atoms with van der Waals surface area (Å²) in [6.45, 7) is 1.56. The quantitative estimate of drug-likeness (QED) is 0.855. The molecule has 1 aromatic rings. The molecule has 0 unspecified atom stereocenters. The highest BCUT2D eigenvalue weighted by molar-refractivity contribution is 5.94. The lowest BCUT2D eigenvalue weighted by Gasteiger charge is -2.04. The van der Waals surface area contributed by atoms with E-state index in [0.717, 1.165) is 0 Å². The molecular weight excluding hydrogens is 255 g/mol. The minimum absolute atomic E-state index is 0.0169. The second-order valence-electron chi connectivity index (χ2n) is 3.49. The number of hydrogen-bond donors (Lipinski definition) is 2. The molecule has 0 aliphatic rings. The Balaban J connectivity index is 2.72. The van der Waals surface area contributed by atoms with Crippen molar-refractivity contribution in [1.29, 1.82) is 0 Å². The standard InChI is InChI=1S/C9H10F3N3O3/c1-5-4-6(13-8(18)9(10,11)12)14-15(5)3-2-7(16)17/h4H,2-3H2,1H3,(H,16,17)(H,13,14,18). The zero-order valence-corrected chi connectivity index (χ0v) is 9.28. The number of amides is 1. The third kappa shape index (κ3) is 3.75. The zero-order valence-electron chi connectivity index (χ0n) is 9.28. The van der Waals surface area contributed by atoms with Gasteiger partial charge < -0.3 is 10.4 Å². The molecule has 0 atom stereocenters. The number of aliphatic carboxylic acids is 1. The minimum atomic E-state index is -4.99. The fourth-order valence-corrected chi connectivity index (χ4v) is 1.19. The largest absolute Gasteiger partial charge is 0.481 e. The van der Waals surface area contributed by atoms with E-state index in [-0.39, 0.29) is 18.8 Å². The molecule has 0 spiro atoms. The van der Waals surface area contributed by atoms with Gasteiger partial charge in [0.15, 0.2) is 5.82 Å². The average molecular weight is 265 g/mol. The average Bonchev–Trinajstić information content (AvgIpc) is 2.54. The van der Waals surface area contributed by atoms with Crippen LogP contribution in [0.15, 0.2) is 6.07 Å². The molecule has 1 heterocycles. The first kappa shape index (κ1) is 14.0. The topological polar surface area (TPSA) is 84.2 Å². The Hall–Kier alpha value is -2.06. The lowest BCUT2D eigenvalue weighted by atomic mass is 10.4. The van der Waals surface area contributed by atoms with E-state index in [2.05, 4.69) is 5.10 Å². The van der Waals surface area contributed by atoms with Crippen LogP contribution in [0, 0.1) is 6.92 Å². The molecular formula is C9H10F3N3O3. The SMILES string of the molecule is Cc1cc(NC(=O)C(F)(F)F)nn1CCC(=O)O. The maximum atomic E-state index is 12.0. The molecule has 0 radical (unpaired) electrons. The molecule has 0 fully saturated rings.